The van der Waals surface area contributed by atoms with Gasteiger partial charge in [-0.15, -0.1) is 0 Å². The molecule has 0 heterocycles. The van der Waals surface area contributed by atoms with Crippen molar-refractivity contribution in [2.45, 2.75) is 31.7 Å². The molecule has 1 atom stereocenters. The van der Waals surface area contributed by atoms with Crippen molar-refractivity contribution >= 4 is 32.6 Å². The van der Waals surface area contributed by atoms with E-state index in [2.05, 4.69) is 29.2 Å². The minimum absolute atomic E-state index is 0.0522. The molecule has 0 spiro atoms. The number of hydrogen-bond acceptors (Lipinski definition) is 2. The summed E-state index contributed by atoms with van der Waals surface area (Å²) in [5.74, 6) is 0. The maximum absolute atomic E-state index is 12.7. The Balaban J connectivity index is 3.18. The lowest BCUT2D eigenvalue weighted by atomic mass is 10.2. The molecular weight excluding hydrogens is 373 g/mol. The molecule has 0 aliphatic rings. The molecule has 106 valence electrons. The summed E-state index contributed by atoms with van der Waals surface area (Å²) in [6.07, 6.45) is 0. The number of aryl methyl sites for hydroxylation is 1. The lowest BCUT2D eigenvalue weighted by Gasteiger charge is -2.27. The highest BCUT2D eigenvalue weighted by molar-refractivity contribution is 14.1. The molecule has 3 nitrogen and oxygen atoms in total. The van der Waals surface area contributed by atoms with Crippen molar-refractivity contribution in [1.82, 2.24) is 4.31 Å². The molecule has 0 N–H and O–H groups in total. The molecule has 0 aliphatic heterocycles. The fraction of sp³-hybridized carbons (Fsp3) is 0.429. The molecule has 1 rings (SSSR count). The van der Waals surface area contributed by atoms with E-state index in [1.54, 1.807) is 12.1 Å². The second-order valence-corrected chi connectivity index (χ2v) is 7.60. The number of rotatable bonds is 6. The quantitative estimate of drug-likeness (QED) is 0.422. The van der Waals surface area contributed by atoms with Crippen LogP contribution >= 0.6 is 22.6 Å². The van der Waals surface area contributed by atoms with Gasteiger partial charge in [0.1, 0.15) is 0 Å². The number of hydrogen-bond donors (Lipinski definition) is 0. The van der Waals surface area contributed by atoms with Crippen LogP contribution < -0.4 is 0 Å². The van der Waals surface area contributed by atoms with Gasteiger partial charge in [-0.05, 0) is 32.9 Å². The van der Waals surface area contributed by atoms with Crippen molar-refractivity contribution in [2.75, 3.05) is 11.0 Å². The zero-order valence-electron chi connectivity index (χ0n) is 11.6. The van der Waals surface area contributed by atoms with E-state index in [9.17, 15) is 8.42 Å². The number of halogens is 1. The van der Waals surface area contributed by atoms with Crippen LogP contribution in [-0.2, 0) is 10.0 Å². The second-order valence-electron chi connectivity index (χ2n) is 4.82. The molecule has 0 radical (unpaired) electrons. The molecule has 1 aromatic carbocycles. The fourth-order valence-corrected chi connectivity index (χ4v) is 4.10. The van der Waals surface area contributed by atoms with E-state index in [1.165, 1.54) is 4.31 Å². The van der Waals surface area contributed by atoms with Crippen LogP contribution in [0.15, 0.2) is 41.3 Å². The van der Waals surface area contributed by atoms with E-state index >= 15 is 0 Å². The Kier molecular flexibility index (Phi) is 6.01. The summed E-state index contributed by atoms with van der Waals surface area (Å²) in [5, 5.41) is 0. The third-order valence-corrected chi connectivity index (χ3v) is 6.02. The molecule has 1 aromatic rings. The molecule has 0 saturated carbocycles. The lowest BCUT2D eigenvalue weighted by molar-refractivity contribution is 0.383. The van der Waals surface area contributed by atoms with Gasteiger partial charge in [0, 0.05) is 17.0 Å². The van der Waals surface area contributed by atoms with Gasteiger partial charge >= 0.3 is 0 Å². The molecule has 0 aromatic heterocycles. The Hall–Kier alpha value is -0.400. The summed E-state index contributed by atoms with van der Waals surface area (Å²) >= 11 is 2.20. The average molecular weight is 393 g/mol. The van der Waals surface area contributed by atoms with E-state index in [0.717, 1.165) is 15.6 Å². The highest BCUT2D eigenvalue weighted by atomic mass is 127. The first-order valence-electron chi connectivity index (χ1n) is 6.08. The van der Waals surface area contributed by atoms with E-state index in [4.69, 9.17) is 0 Å². The number of sulfonamides is 1. The minimum Gasteiger partial charge on any atom is -0.207 e. The summed E-state index contributed by atoms with van der Waals surface area (Å²) in [7, 11) is -3.46. The molecule has 0 saturated heterocycles. The van der Waals surface area contributed by atoms with Crippen molar-refractivity contribution in [3.05, 3.63) is 42.0 Å². The van der Waals surface area contributed by atoms with Gasteiger partial charge in [-0.3, -0.25) is 0 Å². The summed E-state index contributed by atoms with van der Waals surface area (Å²) in [5.41, 5.74) is 1.89. The molecule has 1 unspecified atom stereocenters. The van der Waals surface area contributed by atoms with E-state index in [0.29, 0.717) is 11.4 Å². The Labute approximate surface area is 129 Å². The zero-order valence-corrected chi connectivity index (χ0v) is 14.5. The van der Waals surface area contributed by atoms with Gasteiger partial charge in [0.25, 0.3) is 0 Å². The Bertz CT molecular complexity index is 537. The van der Waals surface area contributed by atoms with Gasteiger partial charge in [-0.25, -0.2) is 8.42 Å². The van der Waals surface area contributed by atoms with Crippen LogP contribution in [0.25, 0.3) is 0 Å². The third-order valence-electron chi connectivity index (χ3n) is 2.77. The first-order valence-corrected chi connectivity index (χ1v) is 9.04. The molecule has 0 fully saturated rings. The van der Waals surface area contributed by atoms with Gasteiger partial charge in [-0.2, -0.15) is 4.31 Å². The van der Waals surface area contributed by atoms with Gasteiger partial charge in [0.05, 0.1) is 4.90 Å². The van der Waals surface area contributed by atoms with Crippen molar-refractivity contribution < 1.29 is 8.42 Å². The van der Waals surface area contributed by atoms with Crippen LogP contribution in [0.5, 0.6) is 0 Å². The summed E-state index contributed by atoms with van der Waals surface area (Å²) in [6, 6.07) is 6.91. The van der Waals surface area contributed by atoms with Crippen LogP contribution in [-0.4, -0.2) is 29.7 Å². The molecule has 0 bridgehead atoms. The summed E-state index contributed by atoms with van der Waals surface area (Å²) in [6.45, 7) is 9.89. The average Bonchev–Trinajstić information content (AvgIpc) is 2.35. The normalized spacial score (nSPS) is 13.5. The van der Waals surface area contributed by atoms with Gasteiger partial charge in [0.15, 0.2) is 0 Å². The molecule has 19 heavy (non-hydrogen) atoms. The van der Waals surface area contributed by atoms with E-state index in [1.807, 2.05) is 32.9 Å². The van der Waals surface area contributed by atoms with Crippen molar-refractivity contribution in [1.29, 1.82) is 0 Å². The van der Waals surface area contributed by atoms with Gasteiger partial charge in [-0.1, -0.05) is 52.4 Å². The first kappa shape index (κ1) is 16.7. The largest absolute Gasteiger partial charge is 0.243 e. The second kappa shape index (κ2) is 6.85. The van der Waals surface area contributed by atoms with Crippen LogP contribution in [0, 0.1) is 6.92 Å². The fourth-order valence-electron chi connectivity index (χ4n) is 1.67. The number of benzene rings is 1. The Morgan fingerprint density at radius 3 is 2.32 bits per heavy atom. The highest BCUT2D eigenvalue weighted by Crippen LogP contribution is 2.20. The third kappa shape index (κ3) is 4.29. The highest BCUT2D eigenvalue weighted by Gasteiger charge is 2.28. The maximum atomic E-state index is 12.7. The van der Waals surface area contributed by atoms with Crippen LogP contribution in [0.1, 0.15) is 19.4 Å². The summed E-state index contributed by atoms with van der Waals surface area (Å²) < 4.78 is 27.6. The Morgan fingerprint density at radius 1 is 1.37 bits per heavy atom. The predicted molar refractivity (Wildman–Crippen MR) is 88.2 cm³/mol. The van der Waals surface area contributed by atoms with Gasteiger partial charge in [0.2, 0.25) is 10.0 Å². The van der Waals surface area contributed by atoms with Crippen LogP contribution in [0.2, 0.25) is 0 Å². The topological polar surface area (TPSA) is 37.4 Å². The molecule has 0 aliphatic carbocycles. The van der Waals surface area contributed by atoms with Crippen LogP contribution in [0.4, 0.5) is 0 Å². The zero-order chi connectivity index (χ0) is 14.6. The van der Waals surface area contributed by atoms with E-state index in [-0.39, 0.29) is 6.04 Å². The molecule has 0 amide bonds. The van der Waals surface area contributed by atoms with Crippen LogP contribution in [0.3, 0.4) is 0 Å². The predicted octanol–water partition coefficient (Wildman–Crippen LogP) is 3.39. The van der Waals surface area contributed by atoms with Crippen molar-refractivity contribution in [2.24, 2.45) is 0 Å². The SMILES string of the molecule is C=C(C)CN(C(C)CI)S(=O)(=O)c1ccc(C)cc1. The van der Waals surface area contributed by atoms with Gasteiger partial charge < -0.3 is 0 Å². The standard InChI is InChI=1S/C14H20INO2S/c1-11(2)10-16(13(4)9-15)19(17,18)14-7-5-12(3)6-8-14/h5-8,13H,1,9-10H2,2-4H3. The van der Waals surface area contributed by atoms with E-state index < -0.39 is 10.0 Å². The van der Waals surface area contributed by atoms with Crippen molar-refractivity contribution in [3.63, 3.8) is 0 Å². The lowest BCUT2D eigenvalue weighted by Crippen LogP contribution is -2.40. The first-order chi connectivity index (χ1) is 8.78. The monoisotopic (exact) mass is 393 g/mol. The smallest absolute Gasteiger partial charge is 0.207 e. The number of alkyl halides is 1. The van der Waals surface area contributed by atoms with Crippen molar-refractivity contribution in [3.8, 4) is 0 Å². The molecule has 5 heteroatoms. The number of nitrogens with zero attached hydrogens (tertiary/aromatic N) is 1. The Morgan fingerprint density at radius 2 is 1.89 bits per heavy atom. The minimum atomic E-state index is -3.46. The summed E-state index contributed by atoms with van der Waals surface area (Å²) in [4.78, 5) is 0.344. The molecular formula is C14H20INO2S. The maximum Gasteiger partial charge on any atom is 0.243 e.